The third-order valence-corrected chi connectivity index (χ3v) is 4.69. The number of halogens is 1. The van der Waals surface area contributed by atoms with E-state index in [2.05, 4.69) is 5.43 Å². The van der Waals surface area contributed by atoms with Crippen LogP contribution in [0, 0.1) is 0 Å². The average Bonchev–Trinajstić information content (AvgIpc) is 2.78. The summed E-state index contributed by atoms with van der Waals surface area (Å²) in [6.45, 7) is 1.52. The van der Waals surface area contributed by atoms with Crippen LogP contribution in [0.15, 0.2) is 91.0 Å². The molecule has 6 heteroatoms. The Labute approximate surface area is 174 Å². The van der Waals surface area contributed by atoms with Gasteiger partial charge in [0.15, 0.2) is 5.60 Å². The Morgan fingerprint density at radius 3 is 1.69 bits per heavy atom. The molecule has 1 unspecified atom stereocenters. The minimum absolute atomic E-state index is 0.378. The summed E-state index contributed by atoms with van der Waals surface area (Å²) < 4.78 is 0. The van der Waals surface area contributed by atoms with Crippen LogP contribution >= 0.6 is 11.6 Å². The van der Waals surface area contributed by atoms with Crippen molar-refractivity contribution in [2.45, 2.75) is 17.9 Å². The quantitative estimate of drug-likeness (QED) is 0.500. The van der Waals surface area contributed by atoms with E-state index in [1.807, 2.05) is 0 Å². The highest BCUT2D eigenvalue weighted by molar-refractivity contribution is 6.32. The van der Waals surface area contributed by atoms with Gasteiger partial charge in [-0.05, 0) is 30.2 Å². The fourth-order valence-electron chi connectivity index (χ4n) is 2.97. The fourth-order valence-corrected chi connectivity index (χ4v) is 3.07. The summed E-state index contributed by atoms with van der Waals surface area (Å²) in [6.07, 6.45) is 0. The first kappa shape index (κ1) is 20.6. The van der Waals surface area contributed by atoms with Gasteiger partial charge in [0.2, 0.25) is 0 Å². The lowest BCUT2D eigenvalue weighted by molar-refractivity contribution is -0.138. The van der Waals surface area contributed by atoms with E-state index in [-0.39, 0.29) is 0 Å². The van der Waals surface area contributed by atoms with Gasteiger partial charge in [-0.3, -0.25) is 15.0 Å². The van der Waals surface area contributed by atoms with Crippen molar-refractivity contribution >= 4 is 29.1 Å². The summed E-state index contributed by atoms with van der Waals surface area (Å²) in [5, 5.41) is 11.7. The summed E-state index contributed by atoms with van der Waals surface area (Å²) >= 11 is 6.00. The van der Waals surface area contributed by atoms with E-state index in [1.165, 1.54) is 6.92 Å². The largest absolute Gasteiger partial charge is 0.372 e. The lowest BCUT2D eigenvalue weighted by atomic mass is 9.85. The van der Waals surface area contributed by atoms with Gasteiger partial charge in [0, 0.05) is 0 Å². The van der Waals surface area contributed by atoms with Gasteiger partial charge in [0.05, 0.1) is 5.69 Å². The summed E-state index contributed by atoms with van der Waals surface area (Å²) in [5.41, 5.74) is 1.74. The van der Waals surface area contributed by atoms with Gasteiger partial charge >= 0.3 is 0 Å². The molecular weight excluding hydrogens is 388 g/mol. The third-order valence-electron chi connectivity index (χ3n) is 4.50. The predicted molar refractivity (Wildman–Crippen MR) is 113 cm³/mol. The van der Waals surface area contributed by atoms with Crippen LogP contribution in [0.2, 0.25) is 0 Å². The van der Waals surface area contributed by atoms with E-state index in [1.54, 1.807) is 91.0 Å². The SMILES string of the molecule is CC(Cl)C(=O)N(NC(=O)C(O)(c1ccccc1)c1ccccc1)c1ccccc1. The molecule has 29 heavy (non-hydrogen) atoms. The molecule has 0 aliphatic heterocycles. The Hall–Kier alpha value is -3.15. The number of benzene rings is 3. The number of hydrazine groups is 1. The Balaban J connectivity index is 2.04. The van der Waals surface area contributed by atoms with E-state index < -0.39 is 22.8 Å². The first-order valence-corrected chi connectivity index (χ1v) is 9.56. The van der Waals surface area contributed by atoms with Crippen LogP contribution in [0.1, 0.15) is 18.1 Å². The number of nitrogens with zero attached hydrogens (tertiary/aromatic N) is 1. The maximum Gasteiger partial charge on any atom is 0.280 e. The number of nitrogens with one attached hydrogen (secondary N) is 1. The molecule has 2 N–H and O–H groups in total. The van der Waals surface area contributed by atoms with Crippen LogP contribution in [-0.2, 0) is 15.2 Å². The molecule has 0 aliphatic rings. The highest BCUT2D eigenvalue weighted by atomic mass is 35.5. The Kier molecular flexibility index (Phi) is 6.32. The second kappa shape index (κ2) is 8.90. The minimum atomic E-state index is -2.01. The van der Waals surface area contributed by atoms with E-state index in [0.29, 0.717) is 16.8 Å². The summed E-state index contributed by atoms with van der Waals surface area (Å²) in [7, 11) is 0. The van der Waals surface area contributed by atoms with Crippen LogP contribution in [-0.4, -0.2) is 22.3 Å². The molecule has 0 saturated carbocycles. The molecule has 0 aromatic heterocycles. The first-order chi connectivity index (χ1) is 13.9. The van der Waals surface area contributed by atoms with Gasteiger partial charge in [-0.1, -0.05) is 78.9 Å². The number of aliphatic hydroxyl groups is 1. The molecule has 0 saturated heterocycles. The number of hydrogen-bond donors (Lipinski definition) is 2. The standard InChI is InChI=1S/C23H21ClN2O3/c1-17(24)21(27)26(20-15-9-4-10-16-20)25-22(28)23(29,18-11-5-2-6-12-18)19-13-7-3-8-14-19/h2-17,29H,1H3,(H,25,28). The molecule has 2 amide bonds. The van der Waals surface area contributed by atoms with Crippen LogP contribution in [0.3, 0.4) is 0 Å². The molecule has 3 rings (SSSR count). The van der Waals surface area contributed by atoms with Crippen LogP contribution < -0.4 is 10.4 Å². The highest BCUT2D eigenvalue weighted by Gasteiger charge is 2.41. The molecule has 148 valence electrons. The van der Waals surface area contributed by atoms with Crippen molar-refractivity contribution in [2.75, 3.05) is 5.01 Å². The van der Waals surface area contributed by atoms with Crippen molar-refractivity contribution in [1.82, 2.24) is 5.43 Å². The van der Waals surface area contributed by atoms with Crippen LogP contribution in [0.4, 0.5) is 5.69 Å². The molecule has 0 aliphatic carbocycles. The van der Waals surface area contributed by atoms with Crippen molar-refractivity contribution in [1.29, 1.82) is 0 Å². The maximum absolute atomic E-state index is 13.4. The van der Waals surface area contributed by atoms with Crippen molar-refractivity contribution in [3.63, 3.8) is 0 Å². The number of carbonyl (C=O) groups excluding carboxylic acids is 2. The Morgan fingerprint density at radius 1 is 0.862 bits per heavy atom. The molecule has 1 atom stereocenters. The monoisotopic (exact) mass is 408 g/mol. The lowest BCUT2D eigenvalue weighted by Gasteiger charge is -2.32. The molecule has 0 spiro atoms. The Bertz CT molecular complexity index is 924. The summed E-state index contributed by atoms with van der Waals surface area (Å²) in [5.74, 6) is -1.29. The first-order valence-electron chi connectivity index (χ1n) is 9.12. The van der Waals surface area contributed by atoms with Crippen molar-refractivity contribution in [2.24, 2.45) is 0 Å². The molecule has 0 bridgehead atoms. The van der Waals surface area contributed by atoms with E-state index in [0.717, 1.165) is 5.01 Å². The van der Waals surface area contributed by atoms with Gasteiger partial charge in [-0.2, -0.15) is 0 Å². The van der Waals surface area contributed by atoms with Gasteiger partial charge in [0.1, 0.15) is 5.38 Å². The predicted octanol–water partition coefficient (Wildman–Crippen LogP) is 3.61. The molecule has 5 nitrogen and oxygen atoms in total. The third kappa shape index (κ3) is 4.31. The summed E-state index contributed by atoms with van der Waals surface area (Å²) in [4.78, 5) is 26.1. The summed E-state index contributed by atoms with van der Waals surface area (Å²) in [6, 6.07) is 25.8. The van der Waals surface area contributed by atoms with Gasteiger partial charge in [0.25, 0.3) is 11.8 Å². The van der Waals surface area contributed by atoms with E-state index >= 15 is 0 Å². The zero-order valence-electron chi connectivity index (χ0n) is 15.8. The zero-order chi connectivity index (χ0) is 20.9. The normalized spacial score (nSPS) is 12.1. The van der Waals surface area contributed by atoms with Crippen LogP contribution in [0.25, 0.3) is 0 Å². The molecule has 3 aromatic carbocycles. The molecule has 0 radical (unpaired) electrons. The average molecular weight is 409 g/mol. The second-order valence-electron chi connectivity index (χ2n) is 6.51. The zero-order valence-corrected chi connectivity index (χ0v) is 16.6. The van der Waals surface area contributed by atoms with Gasteiger partial charge in [-0.25, -0.2) is 5.01 Å². The number of alkyl halides is 1. The van der Waals surface area contributed by atoms with Crippen molar-refractivity contribution < 1.29 is 14.7 Å². The van der Waals surface area contributed by atoms with Crippen molar-refractivity contribution in [3.8, 4) is 0 Å². The number of rotatable bonds is 5. The number of anilines is 1. The fraction of sp³-hybridized carbons (Fsp3) is 0.130. The molecule has 0 fully saturated rings. The molecule has 0 heterocycles. The minimum Gasteiger partial charge on any atom is -0.372 e. The van der Waals surface area contributed by atoms with Gasteiger partial charge < -0.3 is 5.11 Å². The number of carbonyl (C=O) groups is 2. The Morgan fingerprint density at radius 2 is 1.28 bits per heavy atom. The van der Waals surface area contributed by atoms with E-state index in [9.17, 15) is 14.7 Å². The van der Waals surface area contributed by atoms with Crippen molar-refractivity contribution in [3.05, 3.63) is 102 Å². The van der Waals surface area contributed by atoms with E-state index in [4.69, 9.17) is 11.6 Å². The maximum atomic E-state index is 13.4. The van der Waals surface area contributed by atoms with Gasteiger partial charge in [-0.15, -0.1) is 11.6 Å². The number of hydrogen-bond acceptors (Lipinski definition) is 3. The topological polar surface area (TPSA) is 69.6 Å². The smallest absolute Gasteiger partial charge is 0.280 e. The molecular formula is C23H21ClN2O3. The highest BCUT2D eigenvalue weighted by Crippen LogP contribution is 2.30. The second-order valence-corrected chi connectivity index (χ2v) is 7.16. The lowest BCUT2D eigenvalue weighted by Crippen LogP contribution is -2.55. The van der Waals surface area contributed by atoms with Crippen LogP contribution in [0.5, 0.6) is 0 Å². The number of para-hydroxylation sites is 1. The number of amides is 2. The molecule has 3 aromatic rings.